The highest BCUT2D eigenvalue weighted by atomic mass is 16.2. The Morgan fingerprint density at radius 1 is 1.14 bits per heavy atom. The third-order valence-electron chi connectivity index (χ3n) is 5.08. The molecule has 1 aliphatic carbocycles. The number of carbonyl (C=O) groups is 2. The van der Waals surface area contributed by atoms with Crippen LogP contribution in [0.3, 0.4) is 0 Å². The predicted octanol–water partition coefficient (Wildman–Crippen LogP) is 1.90. The van der Waals surface area contributed by atoms with Crippen LogP contribution >= 0.6 is 0 Å². The van der Waals surface area contributed by atoms with Crippen LogP contribution in [0.25, 0.3) is 0 Å². The molecule has 0 bridgehead atoms. The van der Waals surface area contributed by atoms with Crippen molar-refractivity contribution in [3.8, 4) is 0 Å². The molecule has 21 heavy (non-hydrogen) atoms. The average molecular weight is 286 g/mol. The fourth-order valence-electron chi connectivity index (χ4n) is 3.53. The van der Waals surface area contributed by atoms with Crippen LogP contribution in [0.15, 0.2) is 24.3 Å². The summed E-state index contributed by atoms with van der Waals surface area (Å²) in [5.74, 6) is -0.189. The molecule has 0 aromatic heterocycles. The Morgan fingerprint density at radius 3 is 2.14 bits per heavy atom. The van der Waals surface area contributed by atoms with Crippen LogP contribution in [0.5, 0.6) is 0 Å². The molecule has 4 nitrogen and oxygen atoms in total. The second-order valence-corrected chi connectivity index (χ2v) is 6.82. The third kappa shape index (κ3) is 2.09. The Labute approximate surface area is 125 Å². The molecule has 1 aliphatic heterocycles. The van der Waals surface area contributed by atoms with E-state index < -0.39 is 0 Å². The first kappa shape index (κ1) is 14.3. The largest absolute Gasteiger partial charge is 0.312 e. The van der Waals surface area contributed by atoms with E-state index in [4.69, 9.17) is 0 Å². The monoisotopic (exact) mass is 286 g/mol. The van der Waals surface area contributed by atoms with E-state index >= 15 is 0 Å². The maximum atomic E-state index is 12.4. The molecular formula is C17H22N2O2. The van der Waals surface area contributed by atoms with Crippen LogP contribution in [-0.4, -0.2) is 30.3 Å². The number of nitrogens with one attached hydrogen (secondary N) is 1. The van der Waals surface area contributed by atoms with Crippen LogP contribution in [0.4, 0.5) is 0 Å². The zero-order chi connectivity index (χ0) is 15.4. The number of aryl methyl sites for hydroxylation is 1. The third-order valence-corrected chi connectivity index (χ3v) is 5.08. The van der Waals surface area contributed by atoms with E-state index in [1.54, 1.807) is 0 Å². The van der Waals surface area contributed by atoms with Gasteiger partial charge in [-0.2, -0.15) is 0 Å². The number of fused-ring (bicyclic) bond motifs is 1. The van der Waals surface area contributed by atoms with Crippen molar-refractivity contribution in [2.24, 2.45) is 17.3 Å². The molecule has 1 saturated carbocycles. The lowest BCUT2D eigenvalue weighted by molar-refractivity contribution is -0.143. The average Bonchev–Trinajstić information content (AvgIpc) is 2.92. The molecule has 1 heterocycles. The van der Waals surface area contributed by atoms with Gasteiger partial charge >= 0.3 is 0 Å². The first-order valence-electron chi connectivity index (χ1n) is 7.47. The smallest absolute Gasteiger partial charge is 0.233 e. The first-order valence-corrected chi connectivity index (χ1v) is 7.47. The molecule has 3 atom stereocenters. The normalized spacial score (nSPS) is 27.7. The van der Waals surface area contributed by atoms with Gasteiger partial charge in [-0.15, -0.1) is 0 Å². The van der Waals surface area contributed by atoms with Crippen molar-refractivity contribution in [2.45, 2.75) is 26.8 Å². The molecule has 1 aromatic rings. The minimum atomic E-state index is -0.135. The first-order chi connectivity index (χ1) is 9.87. The zero-order valence-corrected chi connectivity index (χ0v) is 13.0. The molecule has 4 heteroatoms. The van der Waals surface area contributed by atoms with Gasteiger partial charge in [-0.1, -0.05) is 43.7 Å². The number of benzene rings is 1. The van der Waals surface area contributed by atoms with Gasteiger partial charge in [0.25, 0.3) is 0 Å². The van der Waals surface area contributed by atoms with Gasteiger partial charge in [0.1, 0.15) is 0 Å². The zero-order valence-electron chi connectivity index (χ0n) is 13.0. The minimum Gasteiger partial charge on any atom is -0.312 e. The molecular weight excluding hydrogens is 264 g/mol. The Bertz CT molecular complexity index is 567. The molecule has 0 spiro atoms. The molecule has 2 amide bonds. The van der Waals surface area contributed by atoms with Gasteiger partial charge in [0.15, 0.2) is 0 Å². The highest BCUT2D eigenvalue weighted by Gasteiger charge is 2.72. The second-order valence-electron chi connectivity index (χ2n) is 6.82. The molecule has 3 unspecified atom stereocenters. The van der Waals surface area contributed by atoms with E-state index in [0.29, 0.717) is 6.54 Å². The van der Waals surface area contributed by atoms with Crippen molar-refractivity contribution in [3.05, 3.63) is 35.4 Å². The number of piperidine rings is 1. The molecule has 1 saturated heterocycles. The van der Waals surface area contributed by atoms with E-state index in [1.807, 2.05) is 52.1 Å². The van der Waals surface area contributed by atoms with Gasteiger partial charge < -0.3 is 5.32 Å². The van der Waals surface area contributed by atoms with Gasteiger partial charge in [0, 0.05) is 6.54 Å². The van der Waals surface area contributed by atoms with Gasteiger partial charge in [0.05, 0.1) is 17.9 Å². The van der Waals surface area contributed by atoms with Gasteiger partial charge in [0.2, 0.25) is 11.8 Å². The highest BCUT2D eigenvalue weighted by molar-refractivity contribution is 6.10. The number of rotatable bonds is 4. The van der Waals surface area contributed by atoms with Crippen LogP contribution in [0.1, 0.15) is 31.0 Å². The lowest BCUT2D eigenvalue weighted by Gasteiger charge is -2.26. The molecule has 1 N–H and O–H groups in total. The Morgan fingerprint density at radius 2 is 1.67 bits per heavy atom. The van der Waals surface area contributed by atoms with Crippen molar-refractivity contribution in [2.75, 3.05) is 13.6 Å². The van der Waals surface area contributed by atoms with Gasteiger partial charge in [-0.25, -0.2) is 0 Å². The van der Waals surface area contributed by atoms with E-state index in [9.17, 15) is 9.59 Å². The number of hydrogen-bond donors (Lipinski definition) is 1. The highest BCUT2D eigenvalue weighted by Crippen LogP contribution is 2.63. The Balaban J connectivity index is 1.76. The summed E-state index contributed by atoms with van der Waals surface area (Å²) >= 11 is 0. The van der Waals surface area contributed by atoms with Crippen LogP contribution in [0, 0.1) is 24.2 Å². The fourth-order valence-corrected chi connectivity index (χ4v) is 3.53. The van der Waals surface area contributed by atoms with Crippen molar-refractivity contribution in [3.63, 3.8) is 0 Å². The summed E-state index contributed by atoms with van der Waals surface area (Å²) in [6.45, 7) is 6.47. The Hall–Kier alpha value is -1.68. The standard InChI is InChI=1S/C17H22N2O2/c1-10-5-7-11(8-6-10)12(18-4)9-19-15(20)13-14(16(19)21)17(13,2)3/h5-8,12-14,18H,9H2,1-4H3. The number of likely N-dealkylation sites (N-methyl/N-ethyl adjacent to an activating group) is 1. The molecule has 3 rings (SSSR count). The van der Waals surface area contributed by atoms with E-state index in [0.717, 1.165) is 5.56 Å². The molecule has 1 aromatic carbocycles. The fraction of sp³-hybridized carbons (Fsp3) is 0.529. The minimum absolute atomic E-state index is 0.00219. The van der Waals surface area contributed by atoms with E-state index in [1.165, 1.54) is 10.5 Å². The number of carbonyl (C=O) groups excluding carboxylic acids is 2. The molecule has 2 fully saturated rings. The summed E-state index contributed by atoms with van der Waals surface area (Å²) in [4.78, 5) is 26.2. The Kier molecular flexibility index (Phi) is 3.17. The maximum absolute atomic E-state index is 12.4. The number of nitrogens with zero attached hydrogens (tertiary/aromatic N) is 1. The number of likely N-dealkylation sites (tertiary alicyclic amines) is 1. The summed E-state index contributed by atoms with van der Waals surface area (Å²) in [6.07, 6.45) is 0. The van der Waals surface area contributed by atoms with Gasteiger partial charge in [-0.3, -0.25) is 14.5 Å². The van der Waals surface area contributed by atoms with Crippen molar-refractivity contribution < 1.29 is 9.59 Å². The van der Waals surface area contributed by atoms with Crippen LogP contribution in [-0.2, 0) is 9.59 Å². The number of hydrogen-bond acceptors (Lipinski definition) is 3. The summed E-state index contributed by atoms with van der Waals surface area (Å²) < 4.78 is 0. The quantitative estimate of drug-likeness (QED) is 0.860. The van der Waals surface area contributed by atoms with Gasteiger partial charge in [-0.05, 0) is 24.9 Å². The topological polar surface area (TPSA) is 49.4 Å². The summed E-state index contributed by atoms with van der Waals surface area (Å²) in [7, 11) is 1.86. The number of imide groups is 1. The SMILES string of the molecule is CNC(CN1C(=O)C2C(C1=O)C2(C)C)c1ccc(C)cc1. The van der Waals surface area contributed by atoms with E-state index in [-0.39, 0.29) is 35.1 Å². The number of amides is 2. The summed E-state index contributed by atoms with van der Waals surface area (Å²) in [6, 6.07) is 8.18. The molecule has 2 aliphatic rings. The molecule has 112 valence electrons. The summed E-state index contributed by atoms with van der Waals surface area (Å²) in [5, 5.41) is 3.21. The van der Waals surface area contributed by atoms with Crippen molar-refractivity contribution in [1.29, 1.82) is 0 Å². The summed E-state index contributed by atoms with van der Waals surface area (Å²) in [5.41, 5.74) is 2.16. The lowest BCUT2D eigenvalue weighted by atomic mass is 10.0. The predicted molar refractivity (Wildman–Crippen MR) is 80.5 cm³/mol. The maximum Gasteiger partial charge on any atom is 0.233 e. The van der Waals surface area contributed by atoms with E-state index in [2.05, 4.69) is 5.32 Å². The van der Waals surface area contributed by atoms with Crippen LogP contribution < -0.4 is 5.32 Å². The van der Waals surface area contributed by atoms with Crippen molar-refractivity contribution >= 4 is 11.8 Å². The molecule has 0 radical (unpaired) electrons. The second kappa shape index (κ2) is 4.67. The lowest BCUT2D eigenvalue weighted by Crippen LogP contribution is -2.41. The van der Waals surface area contributed by atoms with Crippen LogP contribution in [0.2, 0.25) is 0 Å². The van der Waals surface area contributed by atoms with Crippen molar-refractivity contribution in [1.82, 2.24) is 10.2 Å².